The van der Waals surface area contributed by atoms with Crippen LogP contribution in [-0.4, -0.2) is 29.4 Å². The van der Waals surface area contributed by atoms with Crippen molar-refractivity contribution in [3.05, 3.63) is 59.4 Å². The van der Waals surface area contributed by atoms with E-state index in [-0.39, 0.29) is 23.2 Å². The summed E-state index contributed by atoms with van der Waals surface area (Å²) >= 11 is 1.57. The number of amides is 1. The lowest BCUT2D eigenvalue weighted by Crippen LogP contribution is -2.42. The summed E-state index contributed by atoms with van der Waals surface area (Å²) in [5.41, 5.74) is 2.90. The van der Waals surface area contributed by atoms with E-state index < -0.39 is 0 Å². The molecule has 1 amide bonds. The van der Waals surface area contributed by atoms with Crippen LogP contribution in [0.2, 0.25) is 0 Å². The Balaban J connectivity index is 1.70. The summed E-state index contributed by atoms with van der Waals surface area (Å²) in [6.45, 7) is 0. The fourth-order valence-corrected chi connectivity index (χ4v) is 4.53. The molecule has 4 rings (SSSR count). The third kappa shape index (κ3) is 2.16. The standard InChI is InChI=1S/C17H16N2O3S/c1-22-16(20)10-23-15-9-14-11-5-2-3-6-12(11)17(21)19(14)18-8-4-7-13(15)18/h2-8,14-15H,9-10H2,1H3/t14-,15+/m0/s1. The predicted octanol–water partition coefficient (Wildman–Crippen LogP) is 2.67. The van der Waals surface area contributed by atoms with Crippen molar-refractivity contribution in [2.75, 3.05) is 17.9 Å². The highest BCUT2D eigenvalue weighted by atomic mass is 32.2. The van der Waals surface area contributed by atoms with E-state index in [1.54, 1.807) is 11.8 Å². The highest BCUT2D eigenvalue weighted by Gasteiger charge is 2.43. The molecule has 23 heavy (non-hydrogen) atoms. The Morgan fingerprint density at radius 3 is 2.96 bits per heavy atom. The topological polar surface area (TPSA) is 51.5 Å². The maximum absolute atomic E-state index is 12.7. The fourth-order valence-electron chi connectivity index (χ4n) is 3.40. The molecule has 3 heterocycles. The van der Waals surface area contributed by atoms with Crippen molar-refractivity contribution in [3.8, 4) is 0 Å². The number of esters is 1. The summed E-state index contributed by atoms with van der Waals surface area (Å²) in [5.74, 6) is 0.132. The van der Waals surface area contributed by atoms with Gasteiger partial charge < -0.3 is 4.74 Å². The second-order valence-corrected chi connectivity index (χ2v) is 6.83. The van der Waals surface area contributed by atoms with Crippen molar-refractivity contribution in [3.63, 3.8) is 0 Å². The number of hydrogen-bond acceptors (Lipinski definition) is 4. The lowest BCUT2D eigenvalue weighted by atomic mass is 9.99. The molecular weight excluding hydrogens is 312 g/mol. The quantitative estimate of drug-likeness (QED) is 0.813. The Bertz CT molecular complexity index is 786. The number of carbonyl (C=O) groups is 2. The molecule has 0 saturated heterocycles. The van der Waals surface area contributed by atoms with Gasteiger partial charge in [-0.1, -0.05) is 18.2 Å². The molecule has 1 aromatic heterocycles. The van der Waals surface area contributed by atoms with Crippen LogP contribution in [0.25, 0.3) is 0 Å². The van der Waals surface area contributed by atoms with E-state index in [1.165, 1.54) is 7.11 Å². The Labute approximate surface area is 138 Å². The van der Waals surface area contributed by atoms with Crippen molar-refractivity contribution < 1.29 is 14.3 Å². The highest BCUT2D eigenvalue weighted by molar-refractivity contribution is 8.00. The van der Waals surface area contributed by atoms with Crippen molar-refractivity contribution in [1.82, 2.24) is 4.68 Å². The van der Waals surface area contributed by atoms with E-state index in [9.17, 15) is 9.59 Å². The van der Waals surface area contributed by atoms with Crippen LogP contribution in [0.1, 0.15) is 39.3 Å². The Kier molecular flexibility index (Phi) is 3.41. The summed E-state index contributed by atoms with van der Waals surface area (Å²) in [6, 6.07) is 11.8. The minimum atomic E-state index is -0.224. The maximum Gasteiger partial charge on any atom is 0.315 e. The zero-order valence-electron chi connectivity index (χ0n) is 12.6. The number of carbonyl (C=O) groups excluding carboxylic acids is 2. The maximum atomic E-state index is 12.7. The van der Waals surface area contributed by atoms with Gasteiger partial charge >= 0.3 is 5.97 Å². The molecule has 0 N–H and O–H groups in total. The van der Waals surface area contributed by atoms with E-state index in [2.05, 4.69) is 0 Å². The van der Waals surface area contributed by atoms with Gasteiger partial charge in [0, 0.05) is 17.0 Å². The van der Waals surface area contributed by atoms with Gasteiger partial charge in [-0.2, -0.15) is 0 Å². The monoisotopic (exact) mass is 328 g/mol. The van der Waals surface area contributed by atoms with Gasteiger partial charge in [0.2, 0.25) is 0 Å². The van der Waals surface area contributed by atoms with Crippen molar-refractivity contribution in [2.45, 2.75) is 17.7 Å². The second kappa shape index (κ2) is 5.45. The lowest BCUT2D eigenvalue weighted by molar-refractivity contribution is -0.137. The van der Waals surface area contributed by atoms with Gasteiger partial charge in [-0.3, -0.25) is 14.3 Å². The first-order valence-corrected chi connectivity index (χ1v) is 8.54. The van der Waals surface area contributed by atoms with Crippen LogP contribution in [0.4, 0.5) is 0 Å². The molecule has 1 aromatic carbocycles. The van der Waals surface area contributed by atoms with E-state index in [4.69, 9.17) is 4.74 Å². The fraction of sp³-hybridized carbons (Fsp3) is 0.294. The van der Waals surface area contributed by atoms with Crippen LogP contribution in [0.5, 0.6) is 0 Å². The van der Waals surface area contributed by atoms with E-state index in [1.807, 2.05) is 52.3 Å². The molecular formula is C17H16N2O3S. The number of rotatable bonds is 3. The normalized spacial score (nSPS) is 21.6. The SMILES string of the molecule is COC(=O)CS[C@@H]1C[C@H]2c3ccccc3C(=O)N2n2cccc21. The number of ether oxygens (including phenoxy) is 1. The minimum Gasteiger partial charge on any atom is -0.468 e. The molecule has 0 spiro atoms. The molecule has 0 unspecified atom stereocenters. The molecule has 0 radical (unpaired) electrons. The molecule has 5 nitrogen and oxygen atoms in total. The van der Waals surface area contributed by atoms with Crippen molar-refractivity contribution >= 4 is 23.6 Å². The van der Waals surface area contributed by atoms with E-state index in [0.717, 1.165) is 23.2 Å². The number of benzene rings is 1. The van der Waals surface area contributed by atoms with Crippen LogP contribution in [0, 0.1) is 0 Å². The lowest BCUT2D eigenvalue weighted by Gasteiger charge is -2.36. The molecule has 6 heteroatoms. The molecule has 0 aliphatic carbocycles. The third-order valence-corrected chi connectivity index (χ3v) is 5.68. The average molecular weight is 328 g/mol. The van der Waals surface area contributed by atoms with Crippen LogP contribution >= 0.6 is 11.8 Å². The number of hydrogen-bond donors (Lipinski definition) is 0. The molecule has 2 atom stereocenters. The van der Waals surface area contributed by atoms with Crippen LogP contribution in [0.3, 0.4) is 0 Å². The summed E-state index contributed by atoms with van der Waals surface area (Å²) in [5, 5.41) is 1.99. The van der Waals surface area contributed by atoms with Crippen LogP contribution in [-0.2, 0) is 9.53 Å². The Morgan fingerprint density at radius 2 is 2.13 bits per heavy atom. The smallest absolute Gasteiger partial charge is 0.315 e. The summed E-state index contributed by atoms with van der Waals surface area (Å²) in [4.78, 5) is 24.2. The molecule has 118 valence electrons. The number of nitrogens with zero attached hydrogens (tertiary/aromatic N) is 2. The predicted molar refractivity (Wildman–Crippen MR) is 88.0 cm³/mol. The average Bonchev–Trinajstić information content (AvgIpc) is 3.16. The van der Waals surface area contributed by atoms with Gasteiger partial charge in [0.1, 0.15) is 0 Å². The summed E-state index contributed by atoms with van der Waals surface area (Å²) < 4.78 is 6.68. The Morgan fingerprint density at radius 1 is 1.30 bits per heavy atom. The zero-order valence-corrected chi connectivity index (χ0v) is 13.5. The van der Waals surface area contributed by atoms with E-state index in [0.29, 0.717) is 5.75 Å². The highest BCUT2D eigenvalue weighted by Crippen LogP contribution is 2.47. The Hall–Kier alpha value is -2.21. The minimum absolute atomic E-state index is 0.0220. The van der Waals surface area contributed by atoms with Crippen molar-refractivity contribution in [2.24, 2.45) is 0 Å². The van der Waals surface area contributed by atoms with Gasteiger partial charge in [-0.15, -0.1) is 11.8 Å². The number of methoxy groups -OCH3 is 1. The molecule has 0 bridgehead atoms. The van der Waals surface area contributed by atoms with Crippen LogP contribution < -0.4 is 5.01 Å². The molecule has 0 saturated carbocycles. The summed E-state index contributed by atoms with van der Waals surface area (Å²) in [7, 11) is 1.40. The van der Waals surface area contributed by atoms with Gasteiger partial charge in [0.05, 0.1) is 24.6 Å². The number of thioether (sulfide) groups is 1. The molecule has 0 fully saturated rings. The molecule has 2 aliphatic rings. The largest absolute Gasteiger partial charge is 0.468 e. The third-order valence-electron chi connectivity index (χ3n) is 4.44. The first kappa shape index (κ1) is 14.4. The molecule has 2 aliphatic heterocycles. The van der Waals surface area contributed by atoms with Gasteiger partial charge in [0.25, 0.3) is 5.91 Å². The van der Waals surface area contributed by atoms with E-state index >= 15 is 0 Å². The zero-order chi connectivity index (χ0) is 16.0. The number of fused-ring (bicyclic) bond motifs is 5. The summed E-state index contributed by atoms with van der Waals surface area (Å²) in [6.07, 6.45) is 2.71. The number of aromatic nitrogens is 1. The van der Waals surface area contributed by atoms with Crippen molar-refractivity contribution in [1.29, 1.82) is 0 Å². The first-order valence-electron chi connectivity index (χ1n) is 7.49. The van der Waals surface area contributed by atoms with Crippen LogP contribution in [0.15, 0.2) is 42.6 Å². The van der Waals surface area contributed by atoms with Gasteiger partial charge in [-0.05, 0) is 30.2 Å². The first-order chi connectivity index (χ1) is 11.2. The van der Waals surface area contributed by atoms with Gasteiger partial charge in [0.15, 0.2) is 0 Å². The second-order valence-electron chi connectivity index (χ2n) is 5.64. The van der Waals surface area contributed by atoms with Gasteiger partial charge in [-0.25, -0.2) is 5.01 Å². The molecule has 2 aromatic rings.